The van der Waals surface area contributed by atoms with Crippen molar-refractivity contribution in [2.24, 2.45) is 0 Å². The molecule has 0 bridgehead atoms. The summed E-state index contributed by atoms with van der Waals surface area (Å²) in [7, 11) is 0. The van der Waals surface area contributed by atoms with Gasteiger partial charge in [0.15, 0.2) is 22.6 Å². The molecule has 2 aromatic rings. The Morgan fingerprint density at radius 1 is 1.57 bits per heavy atom. The van der Waals surface area contributed by atoms with E-state index in [-0.39, 0.29) is 5.75 Å². The number of aryl methyl sites for hydroxylation is 1. The second kappa shape index (κ2) is 3.51. The van der Waals surface area contributed by atoms with Crippen LogP contribution in [0.5, 0.6) is 0 Å². The first-order chi connectivity index (χ1) is 6.65. The summed E-state index contributed by atoms with van der Waals surface area (Å²) in [5.74, 6) is 0.720. The molecule has 1 heterocycles. The quantitative estimate of drug-likeness (QED) is 0.770. The van der Waals surface area contributed by atoms with E-state index in [0.717, 1.165) is 11.1 Å². The molecule has 0 saturated carbocycles. The number of fused-ring (bicyclic) bond motifs is 1. The molecule has 14 heavy (non-hydrogen) atoms. The van der Waals surface area contributed by atoms with E-state index < -0.39 is 11.1 Å². The van der Waals surface area contributed by atoms with Crippen molar-refractivity contribution in [3.8, 4) is 0 Å². The van der Waals surface area contributed by atoms with E-state index in [2.05, 4.69) is 4.98 Å². The number of benzene rings is 1. The van der Waals surface area contributed by atoms with E-state index in [1.807, 2.05) is 0 Å². The van der Waals surface area contributed by atoms with Crippen molar-refractivity contribution in [2.45, 2.75) is 12.7 Å². The van der Waals surface area contributed by atoms with Gasteiger partial charge in [0, 0.05) is 6.92 Å². The van der Waals surface area contributed by atoms with Gasteiger partial charge in [0.1, 0.15) is 5.52 Å². The molecule has 4 nitrogen and oxygen atoms in total. The highest BCUT2D eigenvalue weighted by molar-refractivity contribution is 7.78. The maximum Gasteiger partial charge on any atom is 0.192 e. The number of oxazole rings is 1. The monoisotopic (exact) mass is 211 g/mol. The Hall–Kier alpha value is -1.20. The molecule has 1 atom stereocenters. The summed E-state index contributed by atoms with van der Waals surface area (Å²) >= 11 is -1.81. The van der Waals surface area contributed by atoms with E-state index >= 15 is 0 Å². The Bertz CT molecular complexity index is 492. The molecule has 1 N–H and O–H groups in total. The molecule has 0 amide bonds. The largest absolute Gasteiger partial charge is 0.441 e. The van der Waals surface area contributed by atoms with E-state index in [0.29, 0.717) is 11.5 Å². The van der Waals surface area contributed by atoms with Crippen LogP contribution in [0.3, 0.4) is 0 Å². The van der Waals surface area contributed by atoms with Crippen molar-refractivity contribution < 1.29 is 13.2 Å². The summed E-state index contributed by atoms with van der Waals surface area (Å²) in [5.41, 5.74) is 2.20. The fourth-order valence-corrected chi connectivity index (χ4v) is 1.78. The van der Waals surface area contributed by atoms with Gasteiger partial charge in [-0.3, -0.25) is 0 Å². The van der Waals surface area contributed by atoms with Gasteiger partial charge in [-0.25, -0.2) is 9.19 Å². The highest BCUT2D eigenvalue weighted by Gasteiger charge is 2.04. The highest BCUT2D eigenvalue weighted by atomic mass is 32.2. The van der Waals surface area contributed by atoms with E-state index in [4.69, 9.17) is 8.97 Å². The zero-order chi connectivity index (χ0) is 10.1. The lowest BCUT2D eigenvalue weighted by Crippen LogP contribution is -1.91. The van der Waals surface area contributed by atoms with Gasteiger partial charge >= 0.3 is 0 Å². The minimum Gasteiger partial charge on any atom is -0.441 e. The molecule has 0 aliphatic rings. The number of hydrogen-bond acceptors (Lipinski definition) is 3. The molecule has 0 aliphatic carbocycles. The number of aromatic nitrogens is 1. The van der Waals surface area contributed by atoms with E-state index in [9.17, 15) is 4.21 Å². The zero-order valence-electron chi connectivity index (χ0n) is 7.56. The summed E-state index contributed by atoms with van der Waals surface area (Å²) in [6.45, 7) is 1.77. The molecule has 0 spiro atoms. The first-order valence-electron chi connectivity index (χ1n) is 4.08. The minimum absolute atomic E-state index is 0.121. The van der Waals surface area contributed by atoms with Crippen LogP contribution in [0.2, 0.25) is 0 Å². The minimum atomic E-state index is -1.81. The average molecular weight is 211 g/mol. The van der Waals surface area contributed by atoms with Gasteiger partial charge in [-0.2, -0.15) is 0 Å². The van der Waals surface area contributed by atoms with Crippen LogP contribution in [0.25, 0.3) is 11.1 Å². The SMILES string of the molecule is Cc1nc2ccc(CS(=O)O)cc2o1. The van der Waals surface area contributed by atoms with Crippen molar-refractivity contribution in [3.05, 3.63) is 29.7 Å². The smallest absolute Gasteiger partial charge is 0.192 e. The van der Waals surface area contributed by atoms with Crippen LogP contribution < -0.4 is 0 Å². The number of nitrogens with zero attached hydrogens (tertiary/aromatic N) is 1. The molecular weight excluding hydrogens is 202 g/mol. The Morgan fingerprint density at radius 2 is 2.36 bits per heavy atom. The fraction of sp³-hybridized carbons (Fsp3) is 0.222. The third-order valence-corrected chi connectivity index (χ3v) is 2.43. The fourth-order valence-electron chi connectivity index (χ4n) is 1.32. The first-order valence-corrected chi connectivity index (χ1v) is 5.36. The molecule has 2 rings (SSSR count). The summed E-state index contributed by atoms with van der Waals surface area (Å²) in [5, 5.41) is 0. The molecule has 0 fully saturated rings. The van der Waals surface area contributed by atoms with Crippen LogP contribution in [0.15, 0.2) is 22.6 Å². The predicted octanol–water partition coefficient (Wildman–Crippen LogP) is 1.86. The summed E-state index contributed by atoms with van der Waals surface area (Å²) in [6, 6.07) is 5.30. The van der Waals surface area contributed by atoms with Crippen molar-refractivity contribution in [1.29, 1.82) is 0 Å². The summed E-state index contributed by atoms with van der Waals surface area (Å²) < 4.78 is 24.6. The van der Waals surface area contributed by atoms with Crippen LogP contribution in [0.1, 0.15) is 11.5 Å². The number of rotatable bonds is 2. The Kier molecular flexibility index (Phi) is 2.35. The first kappa shape index (κ1) is 9.36. The van der Waals surface area contributed by atoms with Crippen LogP contribution >= 0.6 is 0 Å². The van der Waals surface area contributed by atoms with Gasteiger partial charge in [0.2, 0.25) is 0 Å². The Labute approximate surface area is 83.2 Å². The van der Waals surface area contributed by atoms with Gasteiger partial charge in [0.25, 0.3) is 0 Å². The topological polar surface area (TPSA) is 63.3 Å². The molecule has 1 unspecified atom stereocenters. The maximum atomic E-state index is 10.6. The molecule has 1 aromatic carbocycles. The van der Waals surface area contributed by atoms with Gasteiger partial charge < -0.3 is 8.97 Å². The van der Waals surface area contributed by atoms with E-state index in [1.54, 1.807) is 25.1 Å². The van der Waals surface area contributed by atoms with Crippen LogP contribution in [-0.2, 0) is 16.8 Å². The van der Waals surface area contributed by atoms with Crippen molar-refractivity contribution in [3.63, 3.8) is 0 Å². The average Bonchev–Trinajstić information content (AvgIpc) is 2.42. The zero-order valence-corrected chi connectivity index (χ0v) is 8.37. The summed E-state index contributed by atoms with van der Waals surface area (Å²) in [6.07, 6.45) is 0. The summed E-state index contributed by atoms with van der Waals surface area (Å²) in [4.78, 5) is 4.13. The molecular formula is C9H9NO3S. The predicted molar refractivity (Wildman–Crippen MR) is 53.2 cm³/mol. The van der Waals surface area contributed by atoms with Gasteiger partial charge in [-0.15, -0.1) is 0 Å². The molecule has 1 aromatic heterocycles. The van der Waals surface area contributed by atoms with Gasteiger partial charge in [-0.05, 0) is 17.7 Å². The second-order valence-electron chi connectivity index (χ2n) is 3.00. The van der Waals surface area contributed by atoms with Crippen LogP contribution in [0, 0.1) is 6.92 Å². The lowest BCUT2D eigenvalue weighted by molar-refractivity contribution is 0.560. The van der Waals surface area contributed by atoms with Crippen molar-refractivity contribution >= 4 is 22.2 Å². The Balaban J connectivity index is 2.45. The van der Waals surface area contributed by atoms with E-state index in [1.165, 1.54) is 0 Å². The lowest BCUT2D eigenvalue weighted by atomic mass is 10.2. The highest BCUT2D eigenvalue weighted by Crippen LogP contribution is 2.17. The molecule has 0 aliphatic heterocycles. The third kappa shape index (κ3) is 1.83. The van der Waals surface area contributed by atoms with Gasteiger partial charge in [-0.1, -0.05) is 6.07 Å². The molecule has 5 heteroatoms. The second-order valence-corrected chi connectivity index (χ2v) is 3.93. The standard InChI is InChI=1S/C9H9NO3S/c1-6-10-8-3-2-7(5-14(11)12)4-9(8)13-6/h2-4H,5H2,1H3,(H,11,12). The Morgan fingerprint density at radius 3 is 3.07 bits per heavy atom. The van der Waals surface area contributed by atoms with Crippen molar-refractivity contribution in [1.82, 2.24) is 4.98 Å². The maximum absolute atomic E-state index is 10.6. The molecule has 74 valence electrons. The van der Waals surface area contributed by atoms with Crippen LogP contribution in [-0.4, -0.2) is 13.7 Å². The number of hydrogen-bond donors (Lipinski definition) is 1. The lowest BCUT2D eigenvalue weighted by Gasteiger charge is -1.95. The van der Waals surface area contributed by atoms with Crippen molar-refractivity contribution in [2.75, 3.05) is 0 Å². The van der Waals surface area contributed by atoms with Gasteiger partial charge in [0.05, 0.1) is 5.75 Å². The normalized spacial score (nSPS) is 13.3. The molecule has 0 saturated heterocycles. The van der Waals surface area contributed by atoms with Crippen LogP contribution in [0.4, 0.5) is 0 Å². The third-order valence-electron chi connectivity index (χ3n) is 1.85. The molecule has 0 radical (unpaired) electrons.